The number of nitrogens with one attached hydrogen (secondary N) is 1. The average molecular weight is 248 g/mol. The molecule has 17 heavy (non-hydrogen) atoms. The first kappa shape index (κ1) is 13.6. The predicted octanol–water partition coefficient (Wildman–Crippen LogP) is 1.24. The summed E-state index contributed by atoms with van der Waals surface area (Å²) in [6.07, 6.45) is 5.14. The van der Waals surface area contributed by atoms with Gasteiger partial charge in [-0.25, -0.2) is 0 Å². The van der Waals surface area contributed by atoms with Crippen LogP contribution in [0.15, 0.2) is 24.3 Å². The van der Waals surface area contributed by atoms with Gasteiger partial charge in [-0.1, -0.05) is 24.1 Å². The molecule has 1 rings (SSSR count). The topological polar surface area (TPSA) is 55.1 Å². The predicted molar refractivity (Wildman–Crippen MR) is 72.8 cm³/mol. The number of benzene rings is 1. The first-order valence-corrected chi connectivity index (χ1v) is 6.51. The van der Waals surface area contributed by atoms with Crippen molar-refractivity contribution in [2.24, 2.45) is 5.73 Å². The molecule has 0 saturated heterocycles. The minimum Gasteiger partial charge on any atom is -0.366 e. The molecular weight excluding hydrogens is 232 g/mol. The van der Waals surface area contributed by atoms with Crippen LogP contribution in [0.2, 0.25) is 0 Å². The molecule has 0 fully saturated rings. The van der Waals surface area contributed by atoms with Gasteiger partial charge in [0, 0.05) is 24.4 Å². The highest BCUT2D eigenvalue weighted by atomic mass is 32.2. The van der Waals surface area contributed by atoms with Crippen molar-refractivity contribution in [3.8, 4) is 12.3 Å². The normalized spacial score (nSPS) is 9.82. The summed E-state index contributed by atoms with van der Waals surface area (Å²) in [4.78, 5) is 11.2. The van der Waals surface area contributed by atoms with E-state index >= 15 is 0 Å². The number of primary amides is 1. The number of carbonyl (C=O) groups excluding carboxylic acids is 1. The molecule has 3 N–H and O–H groups in total. The van der Waals surface area contributed by atoms with Crippen LogP contribution >= 0.6 is 11.8 Å². The van der Waals surface area contributed by atoms with Gasteiger partial charge in [0.25, 0.3) is 0 Å². The lowest BCUT2D eigenvalue weighted by atomic mass is 10.1. The van der Waals surface area contributed by atoms with Gasteiger partial charge in [-0.2, -0.15) is 0 Å². The molecule has 0 bridgehead atoms. The highest BCUT2D eigenvalue weighted by molar-refractivity contribution is 7.99. The Bertz CT molecular complexity index is 412. The third-order valence-corrected chi connectivity index (χ3v) is 3.07. The molecule has 0 heterocycles. The Hall–Kier alpha value is -1.44. The Balaban J connectivity index is 2.37. The van der Waals surface area contributed by atoms with Crippen LogP contribution in [-0.2, 0) is 6.54 Å². The van der Waals surface area contributed by atoms with Crippen LogP contribution in [-0.4, -0.2) is 24.0 Å². The summed E-state index contributed by atoms with van der Waals surface area (Å²) >= 11 is 1.71. The van der Waals surface area contributed by atoms with Crippen molar-refractivity contribution in [2.75, 3.05) is 18.1 Å². The second-order valence-corrected chi connectivity index (χ2v) is 4.56. The SMILES string of the molecule is C#CCSCCNCc1ccccc1C(N)=O. The van der Waals surface area contributed by atoms with E-state index in [2.05, 4.69) is 11.2 Å². The lowest BCUT2D eigenvalue weighted by molar-refractivity contribution is 0.0999. The molecule has 0 aliphatic rings. The molecule has 0 aliphatic heterocycles. The van der Waals surface area contributed by atoms with Gasteiger partial charge >= 0.3 is 0 Å². The van der Waals surface area contributed by atoms with Crippen LogP contribution in [0.25, 0.3) is 0 Å². The van der Waals surface area contributed by atoms with E-state index in [1.165, 1.54) is 0 Å². The van der Waals surface area contributed by atoms with Gasteiger partial charge in [-0.3, -0.25) is 4.79 Å². The molecular formula is C13H16N2OS. The van der Waals surface area contributed by atoms with Gasteiger partial charge in [0.2, 0.25) is 5.91 Å². The second-order valence-electron chi connectivity index (χ2n) is 3.45. The largest absolute Gasteiger partial charge is 0.366 e. The molecule has 0 atom stereocenters. The average Bonchev–Trinajstić information content (AvgIpc) is 2.34. The molecule has 0 spiro atoms. The molecule has 0 unspecified atom stereocenters. The molecule has 0 radical (unpaired) electrons. The molecule has 0 aliphatic carbocycles. The van der Waals surface area contributed by atoms with E-state index in [4.69, 9.17) is 12.2 Å². The fourth-order valence-corrected chi connectivity index (χ4v) is 1.96. The number of hydrogen-bond acceptors (Lipinski definition) is 3. The molecule has 1 aromatic rings. The number of carbonyl (C=O) groups is 1. The van der Waals surface area contributed by atoms with E-state index in [0.717, 1.165) is 23.6 Å². The van der Waals surface area contributed by atoms with E-state index in [1.54, 1.807) is 17.8 Å². The zero-order valence-electron chi connectivity index (χ0n) is 9.61. The Morgan fingerprint density at radius 2 is 2.24 bits per heavy atom. The van der Waals surface area contributed by atoms with Crippen molar-refractivity contribution in [1.82, 2.24) is 5.32 Å². The summed E-state index contributed by atoms with van der Waals surface area (Å²) < 4.78 is 0. The number of terminal acetylenes is 1. The van der Waals surface area contributed by atoms with Crippen molar-refractivity contribution in [3.63, 3.8) is 0 Å². The molecule has 90 valence electrons. The first-order chi connectivity index (χ1) is 8.25. The lowest BCUT2D eigenvalue weighted by Crippen LogP contribution is -2.20. The van der Waals surface area contributed by atoms with E-state index in [-0.39, 0.29) is 5.91 Å². The fourth-order valence-electron chi connectivity index (χ4n) is 1.41. The van der Waals surface area contributed by atoms with E-state index in [9.17, 15) is 4.79 Å². The van der Waals surface area contributed by atoms with Crippen LogP contribution in [0.4, 0.5) is 0 Å². The van der Waals surface area contributed by atoms with Crippen LogP contribution in [0.1, 0.15) is 15.9 Å². The number of thioether (sulfide) groups is 1. The van der Waals surface area contributed by atoms with Crippen LogP contribution < -0.4 is 11.1 Å². The summed E-state index contributed by atoms with van der Waals surface area (Å²) in [5, 5.41) is 3.26. The molecule has 0 saturated carbocycles. The molecule has 1 amide bonds. The highest BCUT2D eigenvalue weighted by Crippen LogP contribution is 2.07. The van der Waals surface area contributed by atoms with Gasteiger partial charge in [0.05, 0.1) is 5.75 Å². The number of hydrogen-bond donors (Lipinski definition) is 2. The monoisotopic (exact) mass is 248 g/mol. The van der Waals surface area contributed by atoms with Gasteiger partial charge in [-0.15, -0.1) is 18.2 Å². The van der Waals surface area contributed by atoms with Crippen molar-refractivity contribution in [2.45, 2.75) is 6.54 Å². The second kappa shape index (κ2) is 7.77. The fraction of sp³-hybridized carbons (Fsp3) is 0.308. The maximum atomic E-state index is 11.2. The minimum absolute atomic E-state index is 0.385. The number of rotatable bonds is 7. The van der Waals surface area contributed by atoms with E-state index < -0.39 is 0 Å². The third-order valence-electron chi connectivity index (χ3n) is 2.21. The standard InChI is InChI=1S/C13H16N2OS/c1-2-8-17-9-7-15-10-11-5-3-4-6-12(11)13(14)16/h1,3-6,15H,7-10H2,(H2,14,16). The van der Waals surface area contributed by atoms with Crippen LogP contribution in [0.5, 0.6) is 0 Å². The van der Waals surface area contributed by atoms with Crippen molar-refractivity contribution >= 4 is 17.7 Å². The Morgan fingerprint density at radius 3 is 2.94 bits per heavy atom. The van der Waals surface area contributed by atoms with Gasteiger partial charge in [-0.05, 0) is 11.6 Å². The van der Waals surface area contributed by atoms with Gasteiger partial charge in [0.1, 0.15) is 0 Å². The van der Waals surface area contributed by atoms with E-state index in [0.29, 0.717) is 12.1 Å². The summed E-state index contributed by atoms with van der Waals surface area (Å²) in [5.41, 5.74) is 6.80. The minimum atomic E-state index is -0.385. The molecule has 1 aromatic carbocycles. The molecule has 0 aromatic heterocycles. The summed E-state index contributed by atoms with van der Waals surface area (Å²) in [5.74, 6) is 3.89. The first-order valence-electron chi connectivity index (χ1n) is 5.35. The smallest absolute Gasteiger partial charge is 0.249 e. The maximum absolute atomic E-state index is 11.2. The third kappa shape index (κ3) is 4.94. The maximum Gasteiger partial charge on any atom is 0.249 e. The number of amides is 1. The Kier molecular flexibility index (Phi) is 6.23. The van der Waals surface area contributed by atoms with Crippen molar-refractivity contribution < 1.29 is 4.79 Å². The Labute approximate surface area is 106 Å². The quantitative estimate of drug-likeness (QED) is 0.564. The summed E-state index contributed by atoms with van der Waals surface area (Å²) in [7, 11) is 0. The van der Waals surface area contributed by atoms with Crippen molar-refractivity contribution in [1.29, 1.82) is 0 Å². The molecule has 4 heteroatoms. The lowest BCUT2D eigenvalue weighted by Gasteiger charge is -2.07. The zero-order valence-corrected chi connectivity index (χ0v) is 10.4. The zero-order chi connectivity index (χ0) is 12.5. The van der Waals surface area contributed by atoms with Crippen LogP contribution in [0.3, 0.4) is 0 Å². The van der Waals surface area contributed by atoms with Gasteiger partial charge < -0.3 is 11.1 Å². The highest BCUT2D eigenvalue weighted by Gasteiger charge is 2.05. The van der Waals surface area contributed by atoms with E-state index in [1.807, 2.05) is 18.2 Å². The number of nitrogens with two attached hydrogens (primary N) is 1. The summed E-state index contributed by atoms with van der Waals surface area (Å²) in [6, 6.07) is 7.36. The van der Waals surface area contributed by atoms with Crippen molar-refractivity contribution in [3.05, 3.63) is 35.4 Å². The molecule has 3 nitrogen and oxygen atoms in total. The Morgan fingerprint density at radius 1 is 1.47 bits per heavy atom. The van der Waals surface area contributed by atoms with Crippen LogP contribution in [0, 0.1) is 12.3 Å². The summed E-state index contributed by atoms with van der Waals surface area (Å²) in [6.45, 7) is 1.51. The van der Waals surface area contributed by atoms with Gasteiger partial charge in [0.15, 0.2) is 0 Å².